The van der Waals surface area contributed by atoms with E-state index in [1.54, 1.807) is 0 Å². The molecule has 1 atom stereocenters. The van der Waals surface area contributed by atoms with Gasteiger partial charge in [0.15, 0.2) is 9.84 Å². The SMILES string of the molecule is CC(C(=O)N(C)C)S(=O)(=O)c1cc(Br)ccc1C(=O)O. The van der Waals surface area contributed by atoms with E-state index in [1.807, 2.05) is 0 Å². The number of sulfone groups is 1. The van der Waals surface area contributed by atoms with Crippen molar-refractivity contribution in [3.8, 4) is 0 Å². The normalized spacial score (nSPS) is 12.8. The minimum atomic E-state index is -4.08. The van der Waals surface area contributed by atoms with Crippen LogP contribution in [0.15, 0.2) is 27.6 Å². The fraction of sp³-hybridized carbons (Fsp3) is 0.333. The Bertz CT molecular complexity index is 654. The summed E-state index contributed by atoms with van der Waals surface area (Å²) in [6, 6.07) is 3.81. The minimum Gasteiger partial charge on any atom is -0.478 e. The number of rotatable bonds is 4. The minimum absolute atomic E-state index is 0.355. The average molecular weight is 364 g/mol. The van der Waals surface area contributed by atoms with Crippen LogP contribution in [0.4, 0.5) is 0 Å². The molecule has 20 heavy (non-hydrogen) atoms. The predicted octanol–water partition coefficient (Wildman–Crippen LogP) is 1.40. The molecule has 8 heteroatoms. The van der Waals surface area contributed by atoms with Crippen LogP contribution in [0.1, 0.15) is 17.3 Å². The molecule has 0 saturated carbocycles. The van der Waals surface area contributed by atoms with Crippen molar-refractivity contribution in [3.63, 3.8) is 0 Å². The lowest BCUT2D eigenvalue weighted by molar-refractivity contribution is -0.127. The maximum absolute atomic E-state index is 12.4. The van der Waals surface area contributed by atoms with Gasteiger partial charge in [0.05, 0.1) is 10.5 Å². The highest BCUT2D eigenvalue weighted by Crippen LogP contribution is 2.25. The molecule has 0 heterocycles. The number of amides is 1. The molecule has 0 radical (unpaired) electrons. The van der Waals surface area contributed by atoms with Gasteiger partial charge in [-0.1, -0.05) is 15.9 Å². The lowest BCUT2D eigenvalue weighted by Gasteiger charge is -2.18. The maximum atomic E-state index is 12.4. The Hall–Kier alpha value is -1.41. The van der Waals surface area contributed by atoms with Crippen LogP contribution in [-0.4, -0.2) is 49.6 Å². The van der Waals surface area contributed by atoms with Gasteiger partial charge < -0.3 is 10.0 Å². The highest BCUT2D eigenvalue weighted by Gasteiger charge is 2.34. The number of hydrogen-bond acceptors (Lipinski definition) is 4. The van der Waals surface area contributed by atoms with Crippen LogP contribution >= 0.6 is 15.9 Å². The third-order valence-electron chi connectivity index (χ3n) is 2.73. The topological polar surface area (TPSA) is 91.8 Å². The molecule has 0 aliphatic heterocycles. The fourth-order valence-corrected chi connectivity index (χ4v) is 3.72. The second-order valence-electron chi connectivity index (χ2n) is 4.37. The van der Waals surface area contributed by atoms with Crippen LogP contribution in [0.3, 0.4) is 0 Å². The Morgan fingerprint density at radius 3 is 2.30 bits per heavy atom. The van der Waals surface area contributed by atoms with Crippen LogP contribution in [0, 0.1) is 0 Å². The first kappa shape index (κ1) is 16.6. The molecule has 0 fully saturated rings. The molecular formula is C12H14BrNO5S. The lowest BCUT2D eigenvalue weighted by atomic mass is 10.2. The molecule has 0 spiro atoms. The number of aromatic carboxylic acids is 1. The monoisotopic (exact) mass is 363 g/mol. The molecular weight excluding hydrogens is 350 g/mol. The van der Waals surface area contributed by atoms with Crippen LogP contribution < -0.4 is 0 Å². The van der Waals surface area contributed by atoms with Gasteiger partial charge in [0.25, 0.3) is 0 Å². The van der Waals surface area contributed by atoms with Crippen molar-refractivity contribution >= 4 is 37.6 Å². The molecule has 1 unspecified atom stereocenters. The van der Waals surface area contributed by atoms with E-state index in [9.17, 15) is 18.0 Å². The second-order valence-corrected chi connectivity index (χ2v) is 7.52. The van der Waals surface area contributed by atoms with Crippen molar-refractivity contribution in [2.45, 2.75) is 17.1 Å². The quantitative estimate of drug-likeness (QED) is 0.872. The second kappa shape index (κ2) is 5.92. The summed E-state index contributed by atoms with van der Waals surface area (Å²) in [5.41, 5.74) is -0.355. The summed E-state index contributed by atoms with van der Waals surface area (Å²) in [5, 5.41) is 7.72. The molecule has 1 rings (SSSR count). The molecule has 0 aliphatic carbocycles. The number of nitrogens with zero attached hydrogens (tertiary/aromatic N) is 1. The van der Waals surface area contributed by atoms with Crippen molar-refractivity contribution in [3.05, 3.63) is 28.2 Å². The first-order chi connectivity index (χ1) is 9.09. The third kappa shape index (κ3) is 3.18. The molecule has 1 aromatic rings. The van der Waals surface area contributed by atoms with E-state index >= 15 is 0 Å². The summed E-state index contributed by atoms with van der Waals surface area (Å²) in [7, 11) is -1.21. The van der Waals surface area contributed by atoms with Crippen LogP contribution in [0.25, 0.3) is 0 Å². The number of carbonyl (C=O) groups is 2. The van der Waals surface area contributed by atoms with Crippen molar-refractivity contribution < 1.29 is 23.1 Å². The van der Waals surface area contributed by atoms with Gasteiger partial charge in [-0.25, -0.2) is 13.2 Å². The zero-order valence-electron chi connectivity index (χ0n) is 11.1. The van der Waals surface area contributed by atoms with Gasteiger partial charge in [0, 0.05) is 18.6 Å². The Morgan fingerprint density at radius 1 is 1.30 bits per heavy atom. The molecule has 0 aliphatic rings. The van der Waals surface area contributed by atoms with Gasteiger partial charge in [-0.05, 0) is 25.1 Å². The largest absolute Gasteiger partial charge is 0.478 e. The third-order valence-corrected chi connectivity index (χ3v) is 5.31. The van der Waals surface area contributed by atoms with E-state index < -0.39 is 27.0 Å². The molecule has 110 valence electrons. The first-order valence-corrected chi connectivity index (χ1v) is 7.91. The van der Waals surface area contributed by atoms with E-state index in [0.717, 1.165) is 4.90 Å². The number of carboxylic acid groups (broad SMARTS) is 1. The number of halogens is 1. The summed E-state index contributed by atoms with van der Waals surface area (Å²) in [6.45, 7) is 1.24. The highest BCUT2D eigenvalue weighted by molar-refractivity contribution is 9.10. The number of carboxylic acids is 1. The molecule has 1 N–H and O–H groups in total. The fourth-order valence-electron chi connectivity index (χ4n) is 1.60. The first-order valence-electron chi connectivity index (χ1n) is 5.57. The van der Waals surface area contributed by atoms with E-state index in [-0.39, 0.29) is 10.5 Å². The van der Waals surface area contributed by atoms with E-state index in [1.165, 1.54) is 39.2 Å². The Morgan fingerprint density at radius 2 is 1.85 bits per heavy atom. The van der Waals surface area contributed by atoms with Crippen molar-refractivity contribution in [1.82, 2.24) is 4.90 Å². The summed E-state index contributed by atoms with van der Waals surface area (Å²) in [5.74, 6) is -1.97. The summed E-state index contributed by atoms with van der Waals surface area (Å²) in [4.78, 5) is 23.7. The van der Waals surface area contributed by atoms with E-state index in [2.05, 4.69) is 15.9 Å². The standard InChI is InChI=1S/C12H14BrNO5S/c1-7(11(15)14(2)3)20(18,19)10-6-8(13)4-5-9(10)12(16)17/h4-7H,1-3H3,(H,16,17). The maximum Gasteiger partial charge on any atom is 0.337 e. The molecule has 0 aromatic heterocycles. The zero-order chi connectivity index (χ0) is 15.7. The van der Waals surface area contributed by atoms with E-state index in [4.69, 9.17) is 5.11 Å². The molecule has 1 amide bonds. The van der Waals surface area contributed by atoms with Gasteiger partial charge in [0.2, 0.25) is 5.91 Å². The number of hydrogen-bond donors (Lipinski definition) is 1. The van der Waals surface area contributed by atoms with Crippen molar-refractivity contribution in [2.24, 2.45) is 0 Å². The Balaban J connectivity index is 3.46. The van der Waals surface area contributed by atoms with Gasteiger partial charge in [-0.3, -0.25) is 4.79 Å². The lowest BCUT2D eigenvalue weighted by Crippen LogP contribution is -2.37. The molecule has 0 saturated heterocycles. The van der Waals surface area contributed by atoms with Gasteiger partial charge in [0.1, 0.15) is 5.25 Å². The number of carbonyl (C=O) groups excluding carboxylic acids is 1. The van der Waals surface area contributed by atoms with Crippen LogP contribution in [-0.2, 0) is 14.6 Å². The van der Waals surface area contributed by atoms with Crippen molar-refractivity contribution in [1.29, 1.82) is 0 Å². The predicted molar refractivity (Wildman–Crippen MR) is 76.4 cm³/mol. The molecule has 6 nitrogen and oxygen atoms in total. The summed E-state index contributed by atoms with van der Waals surface area (Å²) in [6.07, 6.45) is 0. The van der Waals surface area contributed by atoms with Gasteiger partial charge in [-0.15, -0.1) is 0 Å². The highest BCUT2D eigenvalue weighted by atomic mass is 79.9. The van der Waals surface area contributed by atoms with E-state index in [0.29, 0.717) is 4.47 Å². The van der Waals surface area contributed by atoms with Crippen molar-refractivity contribution in [2.75, 3.05) is 14.1 Å². The van der Waals surface area contributed by atoms with Crippen LogP contribution in [0.5, 0.6) is 0 Å². The number of benzene rings is 1. The smallest absolute Gasteiger partial charge is 0.337 e. The zero-order valence-corrected chi connectivity index (χ0v) is 13.5. The Kier molecular flexibility index (Phi) is 4.93. The van der Waals surface area contributed by atoms with Gasteiger partial charge in [-0.2, -0.15) is 0 Å². The summed E-state index contributed by atoms with van der Waals surface area (Å²) >= 11 is 3.10. The Labute approximate surface area is 125 Å². The van der Waals surface area contributed by atoms with Crippen LogP contribution in [0.2, 0.25) is 0 Å². The molecule has 1 aromatic carbocycles. The molecule has 0 bridgehead atoms. The average Bonchev–Trinajstić information content (AvgIpc) is 2.36. The summed E-state index contributed by atoms with van der Waals surface area (Å²) < 4.78 is 25.3. The van der Waals surface area contributed by atoms with Gasteiger partial charge >= 0.3 is 5.97 Å².